The van der Waals surface area contributed by atoms with Gasteiger partial charge in [0.15, 0.2) is 0 Å². The van der Waals surface area contributed by atoms with E-state index in [2.05, 4.69) is 32.8 Å². The summed E-state index contributed by atoms with van der Waals surface area (Å²) in [6, 6.07) is 8.64. The number of imidazole rings is 1. The Morgan fingerprint density at radius 2 is 2.00 bits per heavy atom. The summed E-state index contributed by atoms with van der Waals surface area (Å²) in [6.07, 6.45) is 0. The molecule has 0 bridgehead atoms. The second-order valence-corrected chi connectivity index (χ2v) is 5.19. The van der Waals surface area contributed by atoms with Crippen LogP contribution in [0.4, 0.5) is 5.95 Å². The van der Waals surface area contributed by atoms with Gasteiger partial charge >= 0.3 is 0 Å². The SMILES string of the molecule is CC(CN)N1CCN(c2nc3ccccc3[nH]2)CC1. The van der Waals surface area contributed by atoms with Crippen LogP contribution in [0.2, 0.25) is 0 Å². The van der Waals surface area contributed by atoms with E-state index in [0.717, 1.165) is 49.7 Å². The Hall–Kier alpha value is -1.59. The Kier molecular flexibility index (Phi) is 3.40. The minimum absolute atomic E-state index is 0.470. The van der Waals surface area contributed by atoms with Crippen LogP contribution < -0.4 is 10.6 Å². The van der Waals surface area contributed by atoms with Crippen LogP contribution in [0, 0.1) is 0 Å². The number of hydrogen-bond donors (Lipinski definition) is 2. The van der Waals surface area contributed by atoms with Crippen LogP contribution in [0.1, 0.15) is 6.92 Å². The first kappa shape index (κ1) is 12.4. The fourth-order valence-corrected chi connectivity index (χ4v) is 2.61. The van der Waals surface area contributed by atoms with Crippen molar-refractivity contribution in [3.05, 3.63) is 24.3 Å². The summed E-state index contributed by atoms with van der Waals surface area (Å²) in [5.41, 5.74) is 7.87. The molecule has 102 valence electrons. The Labute approximate surface area is 113 Å². The first-order valence-corrected chi connectivity index (χ1v) is 6.92. The molecule has 0 saturated carbocycles. The molecular weight excluding hydrogens is 238 g/mol. The number of nitrogens with two attached hydrogens (primary N) is 1. The summed E-state index contributed by atoms with van der Waals surface area (Å²) >= 11 is 0. The highest BCUT2D eigenvalue weighted by Gasteiger charge is 2.21. The highest BCUT2D eigenvalue weighted by molar-refractivity contribution is 5.77. The number of nitrogens with one attached hydrogen (secondary N) is 1. The van der Waals surface area contributed by atoms with Crippen molar-refractivity contribution in [2.45, 2.75) is 13.0 Å². The standard InChI is InChI=1S/C14H21N5/c1-11(10-15)18-6-8-19(9-7-18)14-16-12-4-2-3-5-13(12)17-14/h2-5,11H,6-10,15H2,1H3,(H,16,17). The van der Waals surface area contributed by atoms with Crippen molar-refractivity contribution in [2.24, 2.45) is 5.73 Å². The van der Waals surface area contributed by atoms with Gasteiger partial charge in [0.05, 0.1) is 11.0 Å². The van der Waals surface area contributed by atoms with E-state index in [1.54, 1.807) is 0 Å². The predicted molar refractivity (Wildman–Crippen MR) is 78.4 cm³/mol. The molecule has 3 N–H and O–H groups in total. The van der Waals surface area contributed by atoms with Gasteiger partial charge in [-0.15, -0.1) is 0 Å². The maximum atomic E-state index is 5.73. The van der Waals surface area contributed by atoms with Gasteiger partial charge in [0.2, 0.25) is 5.95 Å². The molecular formula is C14H21N5. The van der Waals surface area contributed by atoms with Crippen molar-refractivity contribution >= 4 is 17.0 Å². The summed E-state index contributed by atoms with van der Waals surface area (Å²) in [5, 5.41) is 0. The molecule has 3 rings (SSSR count). The monoisotopic (exact) mass is 259 g/mol. The van der Waals surface area contributed by atoms with Crippen molar-refractivity contribution in [3.63, 3.8) is 0 Å². The van der Waals surface area contributed by atoms with Crippen molar-refractivity contribution < 1.29 is 0 Å². The fraction of sp³-hybridized carbons (Fsp3) is 0.500. The molecule has 1 aromatic heterocycles. The smallest absolute Gasteiger partial charge is 0.203 e. The van der Waals surface area contributed by atoms with E-state index in [0.29, 0.717) is 6.04 Å². The lowest BCUT2D eigenvalue weighted by molar-refractivity contribution is 0.200. The zero-order chi connectivity index (χ0) is 13.2. The Bertz CT molecular complexity index is 509. The maximum Gasteiger partial charge on any atom is 0.203 e. The number of H-pyrrole nitrogens is 1. The Morgan fingerprint density at radius 1 is 1.26 bits per heavy atom. The Morgan fingerprint density at radius 3 is 2.68 bits per heavy atom. The molecule has 5 nitrogen and oxygen atoms in total. The van der Waals surface area contributed by atoms with E-state index in [4.69, 9.17) is 5.73 Å². The normalized spacial score (nSPS) is 18.9. The molecule has 1 unspecified atom stereocenters. The molecule has 0 amide bonds. The summed E-state index contributed by atoms with van der Waals surface area (Å²) in [6.45, 7) is 7.03. The van der Waals surface area contributed by atoms with E-state index < -0.39 is 0 Å². The molecule has 5 heteroatoms. The zero-order valence-corrected chi connectivity index (χ0v) is 11.3. The van der Waals surface area contributed by atoms with Crippen molar-refractivity contribution in [1.82, 2.24) is 14.9 Å². The number of rotatable bonds is 3. The third kappa shape index (κ3) is 2.43. The third-order valence-corrected chi connectivity index (χ3v) is 3.96. The van der Waals surface area contributed by atoms with Gasteiger partial charge in [-0.1, -0.05) is 12.1 Å². The van der Waals surface area contributed by atoms with Crippen molar-refractivity contribution in [2.75, 3.05) is 37.6 Å². The first-order valence-electron chi connectivity index (χ1n) is 6.92. The number of aromatic amines is 1. The number of hydrogen-bond acceptors (Lipinski definition) is 4. The van der Waals surface area contributed by atoms with Gasteiger partial charge in [-0.25, -0.2) is 4.98 Å². The van der Waals surface area contributed by atoms with Crippen molar-refractivity contribution in [3.8, 4) is 0 Å². The van der Waals surface area contributed by atoms with Crippen molar-refractivity contribution in [1.29, 1.82) is 0 Å². The molecule has 1 atom stereocenters. The zero-order valence-electron chi connectivity index (χ0n) is 11.3. The molecule has 1 aliphatic heterocycles. The number of piperazine rings is 1. The summed E-state index contributed by atoms with van der Waals surface area (Å²) in [5.74, 6) is 0.987. The largest absolute Gasteiger partial charge is 0.340 e. The lowest BCUT2D eigenvalue weighted by Gasteiger charge is -2.37. The van der Waals surface area contributed by atoms with Crippen LogP contribution in [0.5, 0.6) is 0 Å². The van der Waals surface area contributed by atoms with Gasteiger partial charge in [0, 0.05) is 38.8 Å². The number of aromatic nitrogens is 2. The van der Waals surface area contributed by atoms with Gasteiger partial charge < -0.3 is 15.6 Å². The lowest BCUT2D eigenvalue weighted by atomic mass is 10.2. The second-order valence-electron chi connectivity index (χ2n) is 5.19. The molecule has 0 radical (unpaired) electrons. The van der Waals surface area contributed by atoms with E-state index in [1.807, 2.05) is 18.2 Å². The van der Waals surface area contributed by atoms with Crippen LogP contribution in [0.15, 0.2) is 24.3 Å². The molecule has 2 heterocycles. The van der Waals surface area contributed by atoms with Crippen LogP contribution in [-0.4, -0.2) is 53.6 Å². The van der Waals surface area contributed by atoms with Gasteiger partial charge in [0.25, 0.3) is 0 Å². The average molecular weight is 259 g/mol. The number of benzene rings is 1. The summed E-state index contributed by atoms with van der Waals surface area (Å²) < 4.78 is 0. The average Bonchev–Trinajstić information content (AvgIpc) is 2.90. The number of anilines is 1. The van der Waals surface area contributed by atoms with Crippen LogP contribution in [-0.2, 0) is 0 Å². The minimum atomic E-state index is 0.470. The molecule has 0 aliphatic carbocycles. The van der Waals surface area contributed by atoms with Gasteiger partial charge in [0.1, 0.15) is 0 Å². The highest BCUT2D eigenvalue weighted by Crippen LogP contribution is 2.18. The molecule has 19 heavy (non-hydrogen) atoms. The summed E-state index contributed by atoms with van der Waals surface area (Å²) in [4.78, 5) is 12.8. The van der Waals surface area contributed by atoms with Crippen LogP contribution in [0.25, 0.3) is 11.0 Å². The first-order chi connectivity index (χ1) is 9.28. The number of fused-ring (bicyclic) bond motifs is 1. The van der Waals surface area contributed by atoms with E-state index in [-0.39, 0.29) is 0 Å². The molecule has 1 aromatic carbocycles. The molecule has 1 aliphatic rings. The van der Waals surface area contributed by atoms with Crippen LogP contribution in [0.3, 0.4) is 0 Å². The predicted octanol–water partition coefficient (Wildman–Crippen LogP) is 1.03. The third-order valence-electron chi connectivity index (χ3n) is 3.96. The quantitative estimate of drug-likeness (QED) is 0.864. The van der Waals surface area contributed by atoms with Gasteiger partial charge in [-0.05, 0) is 19.1 Å². The topological polar surface area (TPSA) is 61.2 Å². The molecule has 1 fully saturated rings. The number of para-hydroxylation sites is 2. The minimum Gasteiger partial charge on any atom is -0.340 e. The number of nitrogens with zero attached hydrogens (tertiary/aromatic N) is 3. The highest BCUT2D eigenvalue weighted by atomic mass is 15.3. The van der Waals surface area contributed by atoms with E-state index in [1.165, 1.54) is 0 Å². The maximum absolute atomic E-state index is 5.73. The van der Waals surface area contributed by atoms with Gasteiger partial charge in [-0.2, -0.15) is 0 Å². The summed E-state index contributed by atoms with van der Waals surface area (Å²) in [7, 11) is 0. The van der Waals surface area contributed by atoms with E-state index >= 15 is 0 Å². The Balaban J connectivity index is 1.71. The van der Waals surface area contributed by atoms with Crippen LogP contribution >= 0.6 is 0 Å². The van der Waals surface area contributed by atoms with Gasteiger partial charge in [-0.3, -0.25) is 4.90 Å². The molecule has 1 saturated heterocycles. The molecule has 0 spiro atoms. The fourth-order valence-electron chi connectivity index (χ4n) is 2.61. The van der Waals surface area contributed by atoms with E-state index in [9.17, 15) is 0 Å². The lowest BCUT2D eigenvalue weighted by Crippen LogP contribution is -2.51. The second kappa shape index (κ2) is 5.19. The molecule has 2 aromatic rings.